The number of aromatic nitrogens is 4. The molecular weight excluding hydrogens is 398 g/mol. The van der Waals surface area contributed by atoms with E-state index in [9.17, 15) is 4.79 Å². The summed E-state index contributed by atoms with van der Waals surface area (Å²) in [4.78, 5) is 12.6. The maximum Gasteiger partial charge on any atom is 0.273 e. The standard InChI is InChI=1S/C22H19N5O4/c1-29-17-4-2-3-14(7-17)11-27-12-16(10-23-27)24-22(28)19-9-18(25-26-19)15-5-6-20-21(8-15)31-13-30-20/h2-10,12H,11,13H2,1H3,(H,24,28)(H,25,26). The molecule has 9 heteroatoms. The largest absolute Gasteiger partial charge is 0.497 e. The Morgan fingerprint density at radius 1 is 1.19 bits per heavy atom. The van der Waals surface area contributed by atoms with Crippen molar-refractivity contribution in [3.05, 3.63) is 72.2 Å². The number of rotatable bonds is 6. The highest BCUT2D eigenvalue weighted by molar-refractivity contribution is 6.03. The van der Waals surface area contributed by atoms with Crippen molar-refractivity contribution in [2.24, 2.45) is 0 Å². The average Bonchev–Trinajstić information content (AvgIpc) is 3.54. The van der Waals surface area contributed by atoms with E-state index in [-0.39, 0.29) is 12.7 Å². The van der Waals surface area contributed by atoms with Crippen molar-refractivity contribution < 1.29 is 19.0 Å². The lowest BCUT2D eigenvalue weighted by atomic mass is 10.1. The van der Waals surface area contributed by atoms with Crippen LogP contribution < -0.4 is 19.5 Å². The fraction of sp³-hybridized carbons (Fsp3) is 0.136. The first-order valence-corrected chi connectivity index (χ1v) is 9.60. The van der Waals surface area contributed by atoms with Gasteiger partial charge in [-0.25, -0.2) is 0 Å². The molecule has 0 fully saturated rings. The number of fused-ring (bicyclic) bond motifs is 1. The molecule has 0 bridgehead atoms. The van der Waals surface area contributed by atoms with Crippen LogP contribution >= 0.6 is 0 Å². The fourth-order valence-electron chi connectivity index (χ4n) is 3.31. The van der Waals surface area contributed by atoms with Gasteiger partial charge in [0.1, 0.15) is 11.4 Å². The Kier molecular flexibility index (Phi) is 4.75. The predicted molar refractivity (Wildman–Crippen MR) is 112 cm³/mol. The number of H-pyrrole nitrogens is 1. The minimum atomic E-state index is -0.305. The topological polar surface area (TPSA) is 103 Å². The van der Waals surface area contributed by atoms with Gasteiger partial charge in [-0.1, -0.05) is 12.1 Å². The molecular formula is C22H19N5O4. The summed E-state index contributed by atoms with van der Waals surface area (Å²) in [5.74, 6) is 1.84. The van der Waals surface area contributed by atoms with Crippen LogP contribution in [0.1, 0.15) is 16.1 Å². The van der Waals surface area contributed by atoms with E-state index in [4.69, 9.17) is 14.2 Å². The summed E-state index contributed by atoms with van der Waals surface area (Å²) in [6, 6.07) is 15.0. The summed E-state index contributed by atoms with van der Waals surface area (Å²) in [6.07, 6.45) is 3.37. The van der Waals surface area contributed by atoms with Crippen LogP contribution in [-0.4, -0.2) is 39.8 Å². The van der Waals surface area contributed by atoms with Gasteiger partial charge in [-0.3, -0.25) is 14.6 Å². The summed E-state index contributed by atoms with van der Waals surface area (Å²) in [5.41, 5.74) is 3.44. The highest BCUT2D eigenvalue weighted by Gasteiger charge is 2.17. The number of benzene rings is 2. The van der Waals surface area contributed by atoms with Crippen LogP contribution in [-0.2, 0) is 6.54 Å². The highest BCUT2D eigenvalue weighted by atomic mass is 16.7. The molecule has 2 aromatic carbocycles. The lowest BCUT2D eigenvalue weighted by Crippen LogP contribution is -2.11. The molecule has 156 valence electrons. The summed E-state index contributed by atoms with van der Waals surface area (Å²) in [6.45, 7) is 0.768. The molecule has 1 aliphatic heterocycles. The van der Waals surface area contributed by atoms with Gasteiger partial charge >= 0.3 is 0 Å². The van der Waals surface area contributed by atoms with Crippen LogP contribution in [0.15, 0.2) is 60.9 Å². The minimum absolute atomic E-state index is 0.207. The maximum atomic E-state index is 12.6. The second-order valence-corrected chi connectivity index (χ2v) is 6.97. The molecule has 0 atom stereocenters. The van der Waals surface area contributed by atoms with Crippen LogP contribution in [0, 0.1) is 0 Å². The predicted octanol–water partition coefficient (Wildman–Crippen LogP) is 3.31. The second kappa shape index (κ2) is 7.86. The van der Waals surface area contributed by atoms with Gasteiger partial charge in [-0.2, -0.15) is 10.2 Å². The van der Waals surface area contributed by atoms with Crippen molar-refractivity contribution in [2.75, 3.05) is 19.2 Å². The molecule has 31 heavy (non-hydrogen) atoms. The van der Waals surface area contributed by atoms with E-state index in [1.54, 1.807) is 30.3 Å². The number of aromatic amines is 1. The molecule has 5 rings (SSSR count). The molecule has 0 unspecified atom stereocenters. The SMILES string of the molecule is COc1cccc(Cn2cc(NC(=O)c3cc(-c4ccc5c(c4)OCO5)n[nH]3)cn2)c1. The Labute approximate surface area is 177 Å². The molecule has 4 aromatic rings. The molecule has 1 aliphatic rings. The number of ether oxygens (including phenoxy) is 3. The number of nitrogens with zero attached hydrogens (tertiary/aromatic N) is 3. The van der Waals surface area contributed by atoms with Crippen LogP contribution in [0.25, 0.3) is 11.3 Å². The smallest absolute Gasteiger partial charge is 0.273 e. The second-order valence-electron chi connectivity index (χ2n) is 6.97. The zero-order valence-corrected chi connectivity index (χ0v) is 16.7. The normalized spacial score (nSPS) is 12.0. The Hall–Kier alpha value is -4.27. The minimum Gasteiger partial charge on any atom is -0.497 e. The Bertz CT molecular complexity index is 1250. The van der Waals surface area contributed by atoms with Gasteiger partial charge in [0.2, 0.25) is 6.79 Å². The number of anilines is 1. The Morgan fingerprint density at radius 3 is 3.00 bits per heavy atom. The van der Waals surface area contributed by atoms with Gasteiger partial charge < -0.3 is 19.5 Å². The average molecular weight is 417 g/mol. The number of carbonyl (C=O) groups is 1. The van der Waals surface area contributed by atoms with E-state index in [0.717, 1.165) is 16.9 Å². The molecule has 2 aromatic heterocycles. The van der Waals surface area contributed by atoms with Crippen molar-refractivity contribution in [3.63, 3.8) is 0 Å². The molecule has 0 saturated carbocycles. The van der Waals surface area contributed by atoms with Gasteiger partial charge in [0.15, 0.2) is 11.5 Å². The summed E-state index contributed by atoms with van der Waals surface area (Å²) in [5, 5.41) is 14.2. The third-order valence-corrected chi connectivity index (χ3v) is 4.86. The molecule has 3 heterocycles. The van der Waals surface area contributed by atoms with Crippen LogP contribution in [0.4, 0.5) is 5.69 Å². The Morgan fingerprint density at radius 2 is 2.10 bits per heavy atom. The quantitative estimate of drug-likeness (QED) is 0.499. The summed E-state index contributed by atoms with van der Waals surface area (Å²) in [7, 11) is 1.63. The van der Waals surface area contributed by atoms with Gasteiger partial charge in [0.05, 0.1) is 31.2 Å². The van der Waals surface area contributed by atoms with E-state index in [2.05, 4.69) is 20.6 Å². The third-order valence-electron chi connectivity index (χ3n) is 4.86. The van der Waals surface area contributed by atoms with Crippen LogP contribution in [0.5, 0.6) is 17.2 Å². The highest BCUT2D eigenvalue weighted by Crippen LogP contribution is 2.35. The Balaban J connectivity index is 1.26. The number of amides is 1. The van der Waals surface area contributed by atoms with E-state index < -0.39 is 0 Å². The monoisotopic (exact) mass is 417 g/mol. The van der Waals surface area contributed by atoms with Crippen LogP contribution in [0.3, 0.4) is 0 Å². The molecule has 0 aliphatic carbocycles. The van der Waals surface area contributed by atoms with Crippen molar-refractivity contribution >= 4 is 11.6 Å². The van der Waals surface area contributed by atoms with E-state index in [1.165, 1.54) is 0 Å². The van der Waals surface area contributed by atoms with E-state index in [0.29, 0.717) is 35.1 Å². The first-order valence-electron chi connectivity index (χ1n) is 9.60. The van der Waals surface area contributed by atoms with E-state index in [1.807, 2.05) is 42.5 Å². The van der Waals surface area contributed by atoms with Crippen molar-refractivity contribution in [1.29, 1.82) is 0 Å². The van der Waals surface area contributed by atoms with Crippen molar-refractivity contribution in [1.82, 2.24) is 20.0 Å². The van der Waals surface area contributed by atoms with Crippen molar-refractivity contribution in [3.8, 4) is 28.5 Å². The summed E-state index contributed by atoms with van der Waals surface area (Å²) < 4.78 is 17.7. The molecule has 1 amide bonds. The van der Waals surface area contributed by atoms with Crippen LogP contribution in [0.2, 0.25) is 0 Å². The summed E-state index contributed by atoms with van der Waals surface area (Å²) >= 11 is 0. The molecule has 0 spiro atoms. The number of methoxy groups -OCH3 is 1. The molecule has 0 radical (unpaired) electrons. The number of nitrogens with one attached hydrogen (secondary N) is 2. The van der Waals surface area contributed by atoms with Gasteiger partial charge in [-0.15, -0.1) is 0 Å². The maximum absolute atomic E-state index is 12.6. The number of hydrogen-bond donors (Lipinski definition) is 2. The lowest BCUT2D eigenvalue weighted by molar-refractivity contribution is 0.102. The molecule has 0 saturated heterocycles. The molecule has 2 N–H and O–H groups in total. The fourth-order valence-corrected chi connectivity index (χ4v) is 3.31. The molecule has 9 nitrogen and oxygen atoms in total. The number of hydrogen-bond acceptors (Lipinski definition) is 6. The first kappa shape index (κ1) is 18.7. The third kappa shape index (κ3) is 3.93. The van der Waals surface area contributed by atoms with Gasteiger partial charge in [0.25, 0.3) is 5.91 Å². The first-order chi connectivity index (χ1) is 15.2. The van der Waals surface area contributed by atoms with Gasteiger partial charge in [0, 0.05) is 11.8 Å². The zero-order chi connectivity index (χ0) is 21.2. The van der Waals surface area contributed by atoms with Gasteiger partial charge in [-0.05, 0) is 42.0 Å². The lowest BCUT2D eigenvalue weighted by Gasteiger charge is -2.04. The van der Waals surface area contributed by atoms with Crippen molar-refractivity contribution in [2.45, 2.75) is 6.54 Å². The van der Waals surface area contributed by atoms with E-state index >= 15 is 0 Å². The zero-order valence-electron chi connectivity index (χ0n) is 16.7. The number of carbonyl (C=O) groups excluding carboxylic acids is 1.